The van der Waals surface area contributed by atoms with Gasteiger partial charge in [-0.25, -0.2) is 0 Å². The van der Waals surface area contributed by atoms with Gasteiger partial charge in [0.15, 0.2) is 0 Å². The lowest BCUT2D eigenvalue weighted by Crippen LogP contribution is -2.21. The summed E-state index contributed by atoms with van der Waals surface area (Å²) < 4.78 is 6.09. The van der Waals surface area contributed by atoms with Crippen molar-refractivity contribution in [1.82, 2.24) is 0 Å². The van der Waals surface area contributed by atoms with E-state index >= 15 is 0 Å². The van der Waals surface area contributed by atoms with E-state index in [-0.39, 0.29) is 0 Å². The standard InChI is InChI=1S/C14H22O/c1-2-5-9-13(10-6-3-1)15-14-11-7-4-8-12-14/h5,7,9,11,13-14H,1-4,6,8,10,12H2. The fourth-order valence-electron chi connectivity index (χ4n) is 2.36. The van der Waals surface area contributed by atoms with Crippen LogP contribution in [0.1, 0.15) is 51.4 Å². The zero-order chi connectivity index (χ0) is 10.3. The molecule has 0 radical (unpaired) electrons. The summed E-state index contributed by atoms with van der Waals surface area (Å²) in [4.78, 5) is 0. The Balaban J connectivity index is 1.82. The van der Waals surface area contributed by atoms with Crippen LogP contribution in [0.4, 0.5) is 0 Å². The van der Waals surface area contributed by atoms with E-state index in [9.17, 15) is 0 Å². The van der Waals surface area contributed by atoms with E-state index in [0.29, 0.717) is 12.2 Å². The smallest absolute Gasteiger partial charge is 0.0764 e. The Morgan fingerprint density at radius 3 is 2.20 bits per heavy atom. The summed E-state index contributed by atoms with van der Waals surface area (Å²) in [6.07, 6.45) is 20.1. The van der Waals surface area contributed by atoms with Crippen LogP contribution in [0.5, 0.6) is 0 Å². The molecule has 0 aromatic rings. The Hall–Kier alpha value is -0.560. The van der Waals surface area contributed by atoms with E-state index in [1.54, 1.807) is 0 Å². The second kappa shape index (κ2) is 6.12. The van der Waals surface area contributed by atoms with Gasteiger partial charge in [-0.15, -0.1) is 0 Å². The average molecular weight is 206 g/mol. The van der Waals surface area contributed by atoms with E-state index in [1.807, 2.05) is 0 Å². The van der Waals surface area contributed by atoms with E-state index in [1.165, 1.54) is 51.4 Å². The summed E-state index contributed by atoms with van der Waals surface area (Å²) in [5, 5.41) is 0. The molecule has 2 atom stereocenters. The third kappa shape index (κ3) is 3.83. The molecular formula is C14H22O. The normalized spacial score (nSPS) is 32.3. The minimum absolute atomic E-state index is 0.373. The molecule has 0 heterocycles. The highest BCUT2D eigenvalue weighted by Crippen LogP contribution is 2.20. The monoisotopic (exact) mass is 206 g/mol. The number of hydrogen-bond donors (Lipinski definition) is 0. The highest BCUT2D eigenvalue weighted by Gasteiger charge is 2.14. The average Bonchev–Trinajstić information content (AvgIpc) is 2.23. The molecule has 0 saturated carbocycles. The number of ether oxygens (including phenoxy) is 1. The van der Waals surface area contributed by atoms with Crippen molar-refractivity contribution in [3.05, 3.63) is 24.3 Å². The van der Waals surface area contributed by atoms with Gasteiger partial charge in [-0.2, -0.15) is 0 Å². The lowest BCUT2D eigenvalue weighted by Gasteiger charge is -2.23. The molecule has 2 aliphatic carbocycles. The third-order valence-corrected chi connectivity index (χ3v) is 3.27. The summed E-state index contributed by atoms with van der Waals surface area (Å²) in [6.45, 7) is 0. The SMILES string of the molecule is C1=CC(OC2C=CCCC2)CCCCC1. The van der Waals surface area contributed by atoms with Crippen molar-refractivity contribution in [2.75, 3.05) is 0 Å². The first-order valence-corrected chi connectivity index (χ1v) is 6.44. The molecule has 15 heavy (non-hydrogen) atoms. The first-order chi connectivity index (χ1) is 7.45. The molecule has 2 aliphatic rings. The van der Waals surface area contributed by atoms with Crippen molar-refractivity contribution in [3.8, 4) is 0 Å². The molecule has 1 nitrogen and oxygen atoms in total. The minimum atomic E-state index is 0.373. The Bertz CT molecular complexity index is 229. The van der Waals surface area contributed by atoms with Crippen molar-refractivity contribution < 1.29 is 4.74 Å². The lowest BCUT2D eigenvalue weighted by molar-refractivity contribution is 0.0271. The van der Waals surface area contributed by atoms with Crippen LogP contribution in [-0.4, -0.2) is 12.2 Å². The summed E-state index contributed by atoms with van der Waals surface area (Å²) in [5.41, 5.74) is 0. The van der Waals surface area contributed by atoms with Crippen molar-refractivity contribution in [3.63, 3.8) is 0 Å². The van der Waals surface area contributed by atoms with Gasteiger partial charge >= 0.3 is 0 Å². The van der Waals surface area contributed by atoms with Crippen LogP contribution < -0.4 is 0 Å². The molecule has 0 bridgehead atoms. The largest absolute Gasteiger partial charge is 0.367 e. The molecule has 1 heteroatoms. The molecule has 0 aromatic carbocycles. The van der Waals surface area contributed by atoms with Gasteiger partial charge < -0.3 is 4.74 Å². The molecule has 0 spiro atoms. The van der Waals surface area contributed by atoms with Gasteiger partial charge in [-0.3, -0.25) is 0 Å². The second-order valence-corrected chi connectivity index (χ2v) is 4.64. The predicted molar refractivity (Wildman–Crippen MR) is 63.9 cm³/mol. The van der Waals surface area contributed by atoms with E-state index in [2.05, 4.69) is 24.3 Å². The lowest BCUT2D eigenvalue weighted by atomic mass is 10.0. The van der Waals surface area contributed by atoms with Crippen LogP contribution in [0.15, 0.2) is 24.3 Å². The molecule has 0 amide bonds. The maximum Gasteiger partial charge on any atom is 0.0764 e. The second-order valence-electron chi connectivity index (χ2n) is 4.64. The molecular weight excluding hydrogens is 184 g/mol. The van der Waals surface area contributed by atoms with Gasteiger partial charge in [0.25, 0.3) is 0 Å². The zero-order valence-electron chi connectivity index (χ0n) is 9.53. The van der Waals surface area contributed by atoms with Crippen molar-refractivity contribution in [2.45, 2.75) is 63.6 Å². The van der Waals surface area contributed by atoms with Gasteiger partial charge in [0.2, 0.25) is 0 Å². The van der Waals surface area contributed by atoms with Crippen LogP contribution in [-0.2, 0) is 4.74 Å². The van der Waals surface area contributed by atoms with E-state index in [4.69, 9.17) is 4.74 Å². The Morgan fingerprint density at radius 1 is 0.733 bits per heavy atom. The Morgan fingerprint density at radius 2 is 1.40 bits per heavy atom. The molecule has 0 aliphatic heterocycles. The maximum absolute atomic E-state index is 6.09. The fourth-order valence-corrected chi connectivity index (χ4v) is 2.36. The van der Waals surface area contributed by atoms with Gasteiger partial charge in [-0.1, -0.05) is 37.1 Å². The van der Waals surface area contributed by atoms with Crippen LogP contribution in [0.25, 0.3) is 0 Å². The molecule has 0 N–H and O–H groups in total. The summed E-state index contributed by atoms with van der Waals surface area (Å²) in [7, 11) is 0. The predicted octanol–water partition coefficient (Wildman–Crippen LogP) is 4.00. The summed E-state index contributed by atoms with van der Waals surface area (Å²) in [5.74, 6) is 0. The molecule has 0 aromatic heterocycles. The van der Waals surface area contributed by atoms with Gasteiger partial charge in [0.05, 0.1) is 12.2 Å². The topological polar surface area (TPSA) is 9.23 Å². The molecule has 0 fully saturated rings. The van der Waals surface area contributed by atoms with Crippen LogP contribution in [0, 0.1) is 0 Å². The first-order valence-electron chi connectivity index (χ1n) is 6.44. The fraction of sp³-hybridized carbons (Fsp3) is 0.714. The number of allylic oxidation sites excluding steroid dienone is 2. The highest BCUT2D eigenvalue weighted by atomic mass is 16.5. The van der Waals surface area contributed by atoms with E-state index in [0.717, 1.165) is 0 Å². The van der Waals surface area contributed by atoms with Crippen molar-refractivity contribution in [1.29, 1.82) is 0 Å². The van der Waals surface area contributed by atoms with Gasteiger partial charge in [-0.05, 0) is 38.5 Å². The Kier molecular flexibility index (Phi) is 4.46. The minimum Gasteiger partial charge on any atom is -0.367 e. The van der Waals surface area contributed by atoms with Gasteiger partial charge in [0, 0.05) is 0 Å². The molecule has 2 rings (SSSR count). The summed E-state index contributed by atoms with van der Waals surface area (Å²) >= 11 is 0. The van der Waals surface area contributed by atoms with Crippen LogP contribution >= 0.6 is 0 Å². The first kappa shape index (κ1) is 10.9. The van der Waals surface area contributed by atoms with Gasteiger partial charge in [0.1, 0.15) is 0 Å². The highest BCUT2D eigenvalue weighted by molar-refractivity contribution is 4.97. The zero-order valence-corrected chi connectivity index (χ0v) is 9.53. The van der Waals surface area contributed by atoms with E-state index < -0.39 is 0 Å². The third-order valence-electron chi connectivity index (χ3n) is 3.27. The Labute approximate surface area is 93.2 Å². The summed E-state index contributed by atoms with van der Waals surface area (Å²) in [6, 6.07) is 0. The van der Waals surface area contributed by atoms with Crippen LogP contribution in [0.3, 0.4) is 0 Å². The number of hydrogen-bond acceptors (Lipinski definition) is 1. The van der Waals surface area contributed by atoms with Crippen molar-refractivity contribution in [2.24, 2.45) is 0 Å². The van der Waals surface area contributed by atoms with Crippen molar-refractivity contribution >= 4 is 0 Å². The maximum atomic E-state index is 6.09. The number of rotatable bonds is 2. The molecule has 2 unspecified atom stereocenters. The molecule has 84 valence electrons. The molecule has 0 saturated heterocycles. The quantitative estimate of drug-likeness (QED) is 0.620. The van der Waals surface area contributed by atoms with Crippen LogP contribution in [0.2, 0.25) is 0 Å².